The Balaban J connectivity index is 3.11. The highest BCUT2D eigenvalue weighted by molar-refractivity contribution is 6.30. The molecule has 86 valence electrons. The maximum atomic E-state index is 9.07. The van der Waals surface area contributed by atoms with Crippen LogP contribution in [0.1, 0.15) is 32.3 Å². The van der Waals surface area contributed by atoms with Crippen molar-refractivity contribution in [2.24, 2.45) is 0 Å². The second-order valence-corrected chi connectivity index (χ2v) is 4.29. The normalized spacial score (nSPS) is 10.2. The van der Waals surface area contributed by atoms with E-state index >= 15 is 0 Å². The lowest BCUT2D eigenvalue weighted by molar-refractivity contribution is 0.591. The number of nitrogens with zero attached hydrogens (tertiary/aromatic N) is 2. The highest BCUT2D eigenvalue weighted by Gasteiger charge is 2.14. The molecule has 0 bridgehead atoms. The van der Waals surface area contributed by atoms with Crippen LogP contribution in [0.25, 0.3) is 0 Å². The first-order valence-corrected chi connectivity index (χ1v) is 5.94. The number of hydrogen-bond acceptors (Lipinski definition) is 2. The fourth-order valence-electron chi connectivity index (χ4n) is 1.92. The fraction of sp³-hybridized carbons (Fsp3) is 0.462. The standard InChI is InChI=1S/C13H17ClN2/c1-4-12(5-2)16(3)13-8-11(14)7-6-10(13)9-15/h6-8,12H,4-5H2,1-3H3. The molecule has 0 fully saturated rings. The minimum absolute atomic E-state index is 0.450. The number of hydrogen-bond donors (Lipinski definition) is 0. The fourth-order valence-corrected chi connectivity index (χ4v) is 2.09. The van der Waals surface area contributed by atoms with Crippen molar-refractivity contribution in [1.82, 2.24) is 0 Å². The van der Waals surface area contributed by atoms with Crippen LogP contribution in [-0.2, 0) is 0 Å². The summed E-state index contributed by atoms with van der Waals surface area (Å²) in [7, 11) is 2.02. The van der Waals surface area contributed by atoms with E-state index in [1.165, 1.54) is 0 Å². The third kappa shape index (κ3) is 2.68. The molecule has 0 heterocycles. The van der Waals surface area contributed by atoms with Gasteiger partial charge in [0.2, 0.25) is 0 Å². The summed E-state index contributed by atoms with van der Waals surface area (Å²) in [5.74, 6) is 0. The number of rotatable bonds is 4. The van der Waals surface area contributed by atoms with Gasteiger partial charge in [0.25, 0.3) is 0 Å². The molecule has 1 aromatic carbocycles. The molecule has 1 rings (SSSR count). The molecule has 0 saturated carbocycles. The molecule has 0 unspecified atom stereocenters. The van der Waals surface area contributed by atoms with Crippen molar-refractivity contribution in [3.63, 3.8) is 0 Å². The summed E-state index contributed by atoms with van der Waals surface area (Å²) in [5, 5.41) is 9.74. The topological polar surface area (TPSA) is 27.0 Å². The number of nitriles is 1. The average Bonchev–Trinajstić information content (AvgIpc) is 2.30. The molecular formula is C13H17ClN2. The summed E-state index contributed by atoms with van der Waals surface area (Å²) in [6, 6.07) is 8.04. The van der Waals surface area contributed by atoms with Crippen molar-refractivity contribution in [2.45, 2.75) is 32.7 Å². The lowest BCUT2D eigenvalue weighted by Gasteiger charge is -2.29. The molecule has 0 amide bonds. The largest absolute Gasteiger partial charge is 0.371 e. The van der Waals surface area contributed by atoms with E-state index in [2.05, 4.69) is 24.8 Å². The van der Waals surface area contributed by atoms with Gasteiger partial charge in [-0.25, -0.2) is 0 Å². The van der Waals surface area contributed by atoms with Gasteiger partial charge in [-0.05, 0) is 31.0 Å². The van der Waals surface area contributed by atoms with Crippen LogP contribution >= 0.6 is 11.6 Å². The predicted molar refractivity (Wildman–Crippen MR) is 68.9 cm³/mol. The molecule has 1 aromatic rings. The van der Waals surface area contributed by atoms with E-state index in [-0.39, 0.29) is 0 Å². The molecule has 0 aliphatic carbocycles. The summed E-state index contributed by atoms with van der Waals surface area (Å²) >= 11 is 5.97. The van der Waals surface area contributed by atoms with E-state index in [0.29, 0.717) is 16.6 Å². The Bertz CT molecular complexity index is 391. The molecule has 0 radical (unpaired) electrons. The third-order valence-electron chi connectivity index (χ3n) is 2.95. The van der Waals surface area contributed by atoms with Crippen LogP contribution in [0.15, 0.2) is 18.2 Å². The van der Waals surface area contributed by atoms with Crippen molar-refractivity contribution < 1.29 is 0 Å². The van der Waals surface area contributed by atoms with Gasteiger partial charge in [0.05, 0.1) is 11.3 Å². The molecule has 0 N–H and O–H groups in total. The van der Waals surface area contributed by atoms with Crippen LogP contribution in [0, 0.1) is 11.3 Å². The van der Waals surface area contributed by atoms with Crippen molar-refractivity contribution in [1.29, 1.82) is 5.26 Å². The Morgan fingerprint density at radius 1 is 1.38 bits per heavy atom. The first-order valence-electron chi connectivity index (χ1n) is 5.56. The SMILES string of the molecule is CCC(CC)N(C)c1cc(Cl)ccc1C#N. The monoisotopic (exact) mass is 236 g/mol. The summed E-state index contributed by atoms with van der Waals surface area (Å²) in [5.41, 5.74) is 1.60. The summed E-state index contributed by atoms with van der Waals surface area (Å²) in [4.78, 5) is 2.14. The maximum absolute atomic E-state index is 9.07. The van der Waals surface area contributed by atoms with Crippen LogP contribution < -0.4 is 4.90 Å². The highest BCUT2D eigenvalue weighted by atomic mass is 35.5. The van der Waals surface area contributed by atoms with Crippen LogP contribution in [0.2, 0.25) is 5.02 Å². The molecular weight excluding hydrogens is 220 g/mol. The first-order chi connectivity index (χ1) is 7.63. The van der Waals surface area contributed by atoms with E-state index in [1.54, 1.807) is 12.1 Å². The van der Waals surface area contributed by atoms with Crippen LogP contribution in [0.4, 0.5) is 5.69 Å². The van der Waals surface area contributed by atoms with Gasteiger partial charge < -0.3 is 4.90 Å². The van der Waals surface area contributed by atoms with Crippen molar-refractivity contribution >= 4 is 17.3 Å². The van der Waals surface area contributed by atoms with E-state index in [1.807, 2.05) is 13.1 Å². The molecule has 0 aliphatic rings. The Morgan fingerprint density at radius 3 is 2.50 bits per heavy atom. The Labute approximate surface area is 102 Å². The van der Waals surface area contributed by atoms with Gasteiger partial charge >= 0.3 is 0 Å². The molecule has 3 heteroatoms. The minimum atomic E-state index is 0.450. The van der Waals surface area contributed by atoms with Gasteiger partial charge in [-0.15, -0.1) is 0 Å². The van der Waals surface area contributed by atoms with Crippen molar-refractivity contribution in [2.75, 3.05) is 11.9 Å². The molecule has 0 aromatic heterocycles. The highest BCUT2D eigenvalue weighted by Crippen LogP contribution is 2.26. The van der Waals surface area contributed by atoms with Crippen molar-refractivity contribution in [3.8, 4) is 6.07 Å². The Morgan fingerprint density at radius 2 is 2.00 bits per heavy atom. The van der Waals surface area contributed by atoms with E-state index < -0.39 is 0 Å². The molecule has 16 heavy (non-hydrogen) atoms. The summed E-state index contributed by atoms with van der Waals surface area (Å²) in [6.45, 7) is 4.31. The Hall–Kier alpha value is -1.20. The van der Waals surface area contributed by atoms with Crippen LogP contribution in [0.3, 0.4) is 0 Å². The average molecular weight is 237 g/mol. The molecule has 0 aliphatic heterocycles. The van der Waals surface area contributed by atoms with Gasteiger partial charge in [0.1, 0.15) is 6.07 Å². The number of benzene rings is 1. The lowest BCUT2D eigenvalue weighted by Crippen LogP contribution is -2.30. The zero-order valence-electron chi connectivity index (χ0n) is 10.00. The number of halogens is 1. The lowest BCUT2D eigenvalue weighted by atomic mass is 10.1. The molecule has 0 spiro atoms. The van der Waals surface area contributed by atoms with Gasteiger partial charge in [0.15, 0.2) is 0 Å². The van der Waals surface area contributed by atoms with Crippen molar-refractivity contribution in [3.05, 3.63) is 28.8 Å². The first kappa shape index (κ1) is 12.9. The zero-order valence-corrected chi connectivity index (χ0v) is 10.8. The third-order valence-corrected chi connectivity index (χ3v) is 3.19. The Kier molecular flexibility index (Phi) is 4.64. The van der Waals surface area contributed by atoms with Gasteiger partial charge in [0, 0.05) is 18.1 Å². The molecule has 0 atom stereocenters. The van der Waals surface area contributed by atoms with E-state index in [4.69, 9.17) is 16.9 Å². The smallest absolute Gasteiger partial charge is 0.101 e. The van der Waals surface area contributed by atoms with Gasteiger partial charge in [-0.2, -0.15) is 5.26 Å². The van der Waals surface area contributed by atoms with Crippen LogP contribution in [0.5, 0.6) is 0 Å². The molecule has 0 saturated heterocycles. The number of anilines is 1. The maximum Gasteiger partial charge on any atom is 0.101 e. The van der Waals surface area contributed by atoms with E-state index in [0.717, 1.165) is 18.5 Å². The van der Waals surface area contributed by atoms with E-state index in [9.17, 15) is 0 Å². The quantitative estimate of drug-likeness (QED) is 0.794. The molecule has 2 nitrogen and oxygen atoms in total. The minimum Gasteiger partial charge on any atom is -0.371 e. The summed E-state index contributed by atoms with van der Waals surface area (Å²) in [6.07, 6.45) is 2.12. The van der Waals surface area contributed by atoms with Gasteiger partial charge in [-0.1, -0.05) is 25.4 Å². The second-order valence-electron chi connectivity index (χ2n) is 3.85. The summed E-state index contributed by atoms with van der Waals surface area (Å²) < 4.78 is 0. The van der Waals surface area contributed by atoms with Gasteiger partial charge in [-0.3, -0.25) is 0 Å². The zero-order chi connectivity index (χ0) is 12.1. The van der Waals surface area contributed by atoms with Crippen LogP contribution in [-0.4, -0.2) is 13.1 Å². The predicted octanol–water partition coefficient (Wildman–Crippen LogP) is 3.84. The second kappa shape index (κ2) is 5.77.